The summed E-state index contributed by atoms with van der Waals surface area (Å²) in [6.45, 7) is 0. The van der Waals surface area contributed by atoms with Gasteiger partial charge in [-0.05, 0) is 0 Å². The van der Waals surface area contributed by atoms with E-state index < -0.39 is 0 Å². The summed E-state index contributed by atoms with van der Waals surface area (Å²) in [5.41, 5.74) is 0. The topological polar surface area (TPSA) is 31.5 Å². The van der Waals surface area contributed by atoms with Crippen molar-refractivity contribution in [1.82, 2.24) is 0 Å². The third kappa shape index (κ3) is 9.01. The summed E-state index contributed by atoms with van der Waals surface area (Å²) >= 11 is 0. The molecule has 0 bridgehead atoms. The summed E-state index contributed by atoms with van der Waals surface area (Å²) in [5.74, 6) is 0. The van der Waals surface area contributed by atoms with Crippen LogP contribution in [0.2, 0.25) is 0 Å². The summed E-state index contributed by atoms with van der Waals surface area (Å²) < 4.78 is 0. The molecule has 0 fully saturated rings. The van der Waals surface area contributed by atoms with Crippen LogP contribution in [0.5, 0.6) is 0 Å². The number of rotatable bonds is 0. The molecule has 2 N–H and O–H groups in total. The van der Waals surface area contributed by atoms with Crippen molar-refractivity contribution >= 4 is 26.2 Å². The largest absolute Gasteiger partial charge is 0 e. The van der Waals surface area contributed by atoms with E-state index in [2.05, 4.69) is 0 Å². The second-order valence-electron chi connectivity index (χ2n) is 0. The summed E-state index contributed by atoms with van der Waals surface area (Å²) in [5, 5.41) is 0. The van der Waals surface area contributed by atoms with Gasteiger partial charge >= 0.3 is 26.2 Å². The fourth-order valence-corrected chi connectivity index (χ4v) is 0. The Hall–Kier alpha value is 1.99. The third-order valence-corrected chi connectivity index (χ3v) is 0. The summed E-state index contributed by atoms with van der Waals surface area (Å²) in [4.78, 5) is 0. The Kier molecular flexibility index (Phi) is 189. The molecule has 0 atom stereocenters. The van der Waals surface area contributed by atoms with E-state index in [9.17, 15) is 0 Å². The minimum Gasteiger partial charge on any atom is 0 e. The second kappa shape index (κ2) is 20.1. The average Bonchev–Trinajstić information content (AvgIpc) is 0. The SMILES string of the molecule is O.[BiH3].[Fe].[Ru]. The molecule has 0 aliphatic rings. The van der Waals surface area contributed by atoms with Gasteiger partial charge in [0.15, 0.2) is 0 Å². The van der Waals surface area contributed by atoms with Crippen molar-refractivity contribution in [3.63, 3.8) is 0 Å². The molecule has 0 unspecified atom stereocenters. The molecular weight excluding hydrogens is 382 g/mol. The maximum atomic E-state index is 0. The average molecular weight is 387 g/mol. The third-order valence-electron chi connectivity index (χ3n) is 0. The van der Waals surface area contributed by atoms with Crippen LogP contribution in [0, 0.1) is 0 Å². The second-order valence-corrected chi connectivity index (χ2v) is 0. The van der Waals surface area contributed by atoms with E-state index in [0.717, 1.165) is 0 Å². The Bertz CT molecular complexity index is 8.00. The molecule has 4 heteroatoms. The van der Waals surface area contributed by atoms with Crippen LogP contribution in [-0.2, 0) is 36.5 Å². The Morgan fingerprint density at radius 3 is 1.00 bits per heavy atom. The molecule has 0 aromatic carbocycles. The number of hydrogen-bond acceptors (Lipinski definition) is 0. The predicted octanol–water partition coefficient (Wildman–Crippen LogP) is -2.01. The van der Waals surface area contributed by atoms with Crippen LogP contribution in [0.1, 0.15) is 0 Å². The van der Waals surface area contributed by atoms with Crippen molar-refractivity contribution in [3.05, 3.63) is 0 Å². The first-order chi connectivity index (χ1) is 0. The van der Waals surface area contributed by atoms with Gasteiger partial charge in [0.05, 0.1) is 0 Å². The molecule has 32 valence electrons. The van der Waals surface area contributed by atoms with Crippen molar-refractivity contribution in [2.75, 3.05) is 0 Å². The summed E-state index contributed by atoms with van der Waals surface area (Å²) in [6, 6.07) is 0. The molecule has 0 spiro atoms. The van der Waals surface area contributed by atoms with Crippen LogP contribution >= 0.6 is 0 Å². The molecule has 0 aromatic rings. The van der Waals surface area contributed by atoms with Crippen molar-refractivity contribution in [1.29, 1.82) is 0 Å². The Labute approximate surface area is 67.6 Å². The molecule has 0 aliphatic heterocycles. The van der Waals surface area contributed by atoms with Gasteiger partial charge in [0.25, 0.3) is 0 Å². The van der Waals surface area contributed by atoms with Gasteiger partial charge in [0.2, 0.25) is 0 Å². The monoisotopic (exact) mass is 388 g/mol. The quantitative estimate of drug-likeness (QED) is 0.431. The van der Waals surface area contributed by atoms with Gasteiger partial charge in [-0.1, -0.05) is 0 Å². The van der Waals surface area contributed by atoms with Gasteiger partial charge in [-0.25, -0.2) is 0 Å². The van der Waals surface area contributed by atoms with Gasteiger partial charge in [-0.2, -0.15) is 0 Å². The maximum Gasteiger partial charge on any atom is 0 e. The van der Waals surface area contributed by atoms with Crippen molar-refractivity contribution in [2.24, 2.45) is 0 Å². The maximum absolute atomic E-state index is 0. The van der Waals surface area contributed by atoms with Gasteiger partial charge < -0.3 is 5.48 Å². The number of hydrogen-bond donors (Lipinski definition) is 0. The van der Waals surface area contributed by atoms with Crippen LogP contribution in [-0.4, -0.2) is 31.7 Å². The van der Waals surface area contributed by atoms with Crippen LogP contribution in [0.25, 0.3) is 0 Å². The first-order valence-electron chi connectivity index (χ1n) is 0. The zero-order valence-electron chi connectivity index (χ0n) is 1.91. The van der Waals surface area contributed by atoms with E-state index >= 15 is 0 Å². The van der Waals surface area contributed by atoms with Gasteiger partial charge in [0, 0.05) is 36.5 Å². The predicted molar refractivity (Wildman–Crippen MR) is 13.6 cm³/mol. The van der Waals surface area contributed by atoms with Crippen molar-refractivity contribution in [3.8, 4) is 0 Å². The minimum absolute atomic E-state index is 0. The normalized spacial score (nSPS) is 0. The first-order valence-corrected chi connectivity index (χ1v) is 0. The molecular formula is H5BiFeORu. The molecule has 0 aliphatic carbocycles. The molecule has 0 aromatic heterocycles. The Balaban J connectivity index is 0. The molecule has 0 saturated carbocycles. The summed E-state index contributed by atoms with van der Waals surface area (Å²) in [6.07, 6.45) is 0. The van der Waals surface area contributed by atoms with Crippen LogP contribution in [0.3, 0.4) is 0 Å². The van der Waals surface area contributed by atoms with Crippen molar-refractivity contribution in [2.45, 2.75) is 0 Å². The van der Waals surface area contributed by atoms with Crippen molar-refractivity contribution < 1.29 is 42.0 Å². The Morgan fingerprint density at radius 1 is 1.00 bits per heavy atom. The van der Waals surface area contributed by atoms with E-state index in [1.807, 2.05) is 0 Å². The molecule has 0 radical (unpaired) electrons. The molecule has 0 saturated heterocycles. The van der Waals surface area contributed by atoms with Gasteiger partial charge in [-0.15, -0.1) is 0 Å². The molecule has 0 rings (SSSR count). The minimum atomic E-state index is 0. The molecule has 1 nitrogen and oxygen atoms in total. The van der Waals surface area contributed by atoms with Crippen LogP contribution < -0.4 is 0 Å². The summed E-state index contributed by atoms with van der Waals surface area (Å²) in [7, 11) is 0. The van der Waals surface area contributed by atoms with Gasteiger partial charge in [0.1, 0.15) is 0 Å². The standard InChI is InChI=1S/Bi.Fe.H2O.Ru.3H/h;;1H2;;;;. The van der Waals surface area contributed by atoms with Crippen LogP contribution in [0.15, 0.2) is 0 Å². The molecule has 0 amide bonds. The Morgan fingerprint density at radius 2 is 1.00 bits per heavy atom. The van der Waals surface area contributed by atoms with E-state index in [0.29, 0.717) is 0 Å². The van der Waals surface area contributed by atoms with E-state index in [1.165, 1.54) is 0 Å². The van der Waals surface area contributed by atoms with E-state index in [-0.39, 0.29) is 68.2 Å². The fraction of sp³-hybridized carbons (Fsp3) is 0. The smallest absolute Gasteiger partial charge is 0 e. The first kappa shape index (κ1) is 37.7. The van der Waals surface area contributed by atoms with E-state index in [4.69, 9.17) is 0 Å². The van der Waals surface area contributed by atoms with E-state index in [1.54, 1.807) is 0 Å². The fourth-order valence-electron chi connectivity index (χ4n) is 0. The molecule has 0 heterocycles. The molecule has 4 heavy (non-hydrogen) atoms. The zero-order chi connectivity index (χ0) is 0. The van der Waals surface area contributed by atoms with Gasteiger partial charge in [-0.3, -0.25) is 0 Å². The zero-order valence-corrected chi connectivity index (χ0v) is 10.3. The van der Waals surface area contributed by atoms with Crippen LogP contribution in [0.4, 0.5) is 0 Å².